The lowest BCUT2D eigenvalue weighted by Crippen LogP contribution is -2.24. The monoisotopic (exact) mass is 551 g/mol. The second-order valence-corrected chi connectivity index (χ2v) is 9.04. The van der Waals surface area contributed by atoms with Gasteiger partial charge in [0.1, 0.15) is 5.56 Å². The molecule has 13 heteroatoms. The summed E-state index contributed by atoms with van der Waals surface area (Å²) in [5.74, 6) is 0. The Kier molecular flexibility index (Phi) is 7.53. The number of rotatable bonds is 7. The summed E-state index contributed by atoms with van der Waals surface area (Å²) in [6, 6.07) is 5.04. The second-order valence-electron chi connectivity index (χ2n) is 9.04. The highest BCUT2D eigenvalue weighted by molar-refractivity contribution is 6.09. The third-order valence-corrected chi connectivity index (χ3v) is 6.25. The molecule has 0 amide bonds. The summed E-state index contributed by atoms with van der Waals surface area (Å²) in [7, 11) is 0. The molecule has 0 radical (unpaired) electrons. The van der Waals surface area contributed by atoms with Crippen molar-refractivity contribution in [1.82, 2.24) is 20.2 Å². The summed E-state index contributed by atoms with van der Waals surface area (Å²) in [5.41, 5.74) is 2.11. The largest absolute Gasteiger partial charge is 0.422 e. The molecule has 0 bridgehead atoms. The van der Waals surface area contributed by atoms with Crippen LogP contribution in [0.3, 0.4) is 0 Å². The molecule has 4 rings (SSSR count). The van der Waals surface area contributed by atoms with E-state index in [4.69, 9.17) is 5.73 Å². The van der Waals surface area contributed by atoms with E-state index in [0.717, 1.165) is 31.3 Å². The molecule has 0 saturated heterocycles. The first-order valence-electron chi connectivity index (χ1n) is 12.0. The van der Waals surface area contributed by atoms with Crippen LogP contribution < -0.4 is 16.9 Å². The predicted octanol–water partition coefficient (Wildman–Crippen LogP) is 5.78. The number of benzene rings is 1. The summed E-state index contributed by atoms with van der Waals surface area (Å²) in [5, 5.41) is 5.26. The molecule has 0 saturated carbocycles. The Hall–Kier alpha value is -4.16. The molecule has 39 heavy (non-hydrogen) atoms. The van der Waals surface area contributed by atoms with Crippen LogP contribution in [0.4, 0.5) is 32.0 Å². The van der Waals surface area contributed by atoms with Crippen LogP contribution in [0.15, 0.2) is 46.2 Å². The molecule has 0 unspecified atom stereocenters. The average Bonchev–Trinajstić information content (AvgIpc) is 2.85. The maximum atomic E-state index is 14.1. The van der Waals surface area contributed by atoms with Gasteiger partial charge in [-0.1, -0.05) is 31.9 Å². The van der Waals surface area contributed by atoms with Gasteiger partial charge in [0.25, 0.3) is 11.1 Å². The van der Waals surface area contributed by atoms with E-state index in [1.165, 1.54) is 18.2 Å². The molecule has 0 aliphatic heterocycles. The molecule has 0 fully saturated rings. The number of nitrogen functional groups attached to an aromatic ring is 1. The smallest absolute Gasteiger partial charge is 0.397 e. The van der Waals surface area contributed by atoms with Gasteiger partial charge in [-0.2, -0.15) is 31.4 Å². The van der Waals surface area contributed by atoms with Gasteiger partial charge in [0.05, 0.1) is 24.0 Å². The molecule has 4 aromatic rings. The summed E-state index contributed by atoms with van der Waals surface area (Å²) in [6.07, 6.45) is -6.39. The number of halogens is 6. The van der Waals surface area contributed by atoms with Crippen molar-refractivity contribution in [3.8, 4) is 22.4 Å². The third-order valence-electron chi connectivity index (χ3n) is 6.25. The van der Waals surface area contributed by atoms with E-state index in [0.29, 0.717) is 18.5 Å². The highest BCUT2D eigenvalue weighted by Gasteiger charge is 2.39. The van der Waals surface area contributed by atoms with Gasteiger partial charge < -0.3 is 10.7 Å². The number of nitrogens with zero attached hydrogens (tertiary/aromatic N) is 2. The van der Waals surface area contributed by atoms with Crippen LogP contribution in [-0.4, -0.2) is 26.3 Å². The fraction of sp³-hybridized carbons (Fsp3) is 0.308. The number of alkyl halides is 6. The molecule has 4 N–H and O–H groups in total. The third kappa shape index (κ3) is 5.81. The van der Waals surface area contributed by atoms with Crippen molar-refractivity contribution in [3.63, 3.8) is 0 Å². The number of unbranched alkanes of at least 4 members (excludes halogenated alkanes) is 2. The molecule has 1 aromatic carbocycles. The minimum Gasteiger partial charge on any atom is -0.397 e. The fourth-order valence-corrected chi connectivity index (χ4v) is 4.53. The number of anilines is 1. The zero-order valence-electron chi connectivity index (χ0n) is 20.6. The lowest BCUT2D eigenvalue weighted by molar-refractivity contribution is -0.138. The van der Waals surface area contributed by atoms with E-state index in [9.17, 15) is 35.9 Å². The van der Waals surface area contributed by atoms with Crippen LogP contribution in [0.2, 0.25) is 0 Å². The first-order valence-corrected chi connectivity index (χ1v) is 12.0. The number of aryl methyl sites for hydroxylation is 1. The van der Waals surface area contributed by atoms with Crippen LogP contribution >= 0.6 is 0 Å². The number of hydrogen-bond acceptors (Lipinski definition) is 5. The maximum Gasteiger partial charge on any atom is 0.422 e. The van der Waals surface area contributed by atoms with E-state index in [1.807, 2.05) is 6.92 Å². The minimum absolute atomic E-state index is 0.0124. The van der Waals surface area contributed by atoms with Gasteiger partial charge in [-0.05, 0) is 30.5 Å². The van der Waals surface area contributed by atoms with Crippen molar-refractivity contribution in [2.24, 2.45) is 0 Å². The van der Waals surface area contributed by atoms with Crippen LogP contribution in [0.25, 0.3) is 33.2 Å². The number of fused-ring (bicyclic) bond motifs is 1. The Morgan fingerprint density at radius 2 is 1.67 bits per heavy atom. The number of H-pyrrole nitrogens is 2. The van der Waals surface area contributed by atoms with Crippen LogP contribution in [-0.2, 0) is 19.0 Å². The highest BCUT2D eigenvalue weighted by Crippen LogP contribution is 2.43. The first kappa shape index (κ1) is 27.9. The topological polar surface area (TPSA) is 118 Å². The number of aromatic nitrogens is 4. The lowest BCUT2D eigenvalue weighted by atomic mass is 9.89. The highest BCUT2D eigenvalue weighted by atomic mass is 19.4. The van der Waals surface area contributed by atoms with Gasteiger partial charge >= 0.3 is 12.4 Å². The molecular weight excluding hydrogens is 528 g/mol. The Morgan fingerprint density at radius 3 is 2.28 bits per heavy atom. The SMILES string of the molecule is CCCCCc1[nH]c(=O)c2ccc(-c3ccc(CC(F)(F)F)cn3)c(-c3cn[nH]c(=O)c3C(F)(F)F)c2c1N. The zero-order valence-corrected chi connectivity index (χ0v) is 20.6. The minimum atomic E-state index is -5.12. The van der Waals surface area contributed by atoms with E-state index >= 15 is 0 Å². The number of aromatic amines is 2. The van der Waals surface area contributed by atoms with Crippen molar-refractivity contribution in [1.29, 1.82) is 0 Å². The summed E-state index contributed by atoms with van der Waals surface area (Å²) < 4.78 is 80.9. The Labute approximate surface area is 217 Å². The average molecular weight is 551 g/mol. The van der Waals surface area contributed by atoms with E-state index < -0.39 is 41.0 Å². The molecule has 0 spiro atoms. The Bertz CT molecular complexity index is 1620. The molecule has 0 atom stereocenters. The van der Waals surface area contributed by atoms with Gasteiger partial charge in [0.15, 0.2) is 0 Å². The number of hydrogen-bond donors (Lipinski definition) is 3. The van der Waals surface area contributed by atoms with Crippen LogP contribution in [0, 0.1) is 0 Å². The van der Waals surface area contributed by atoms with Crippen molar-refractivity contribution < 1.29 is 26.3 Å². The molecule has 3 heterocycles. The standard InChI is InChI=1S/C26H23F6N5O2/c1-2-3-4-5-18-22(33)20-15(23(38)36-18)8-7-14(17-9-6-13(11-34-17)10-25(27,28)29)19(20)16-12-35-37-24(39)21(16)26(30,31)32/h6-9,11-12H,2-5,10,33H2,1H3,(H,36,38)(H,37,39). The van der Waals surface area contributed by atoms with E-state index in [2.05, 4.69) is 15.1 Å². The van der Waals surface area contributed by atoms with Crippen molar-refractivity contribution >= 4 is 16.5 Å². The summed E-state index contributed by atoms with van der Waals surface area (Å²) in [6.45, 7) is 1.97. The number of nitrogens with one attached hydrogen (secondary N) is 2. The number of nitrogens with two attached hydrogens (primary N) is 1. The molecular formula is C26H23F6N5O2. The van der Waals surface area contributed by atoms with Gasteiger partial charge in [0.2, 0.25) is 0 Å². The molecule has 206 valence electrons. The Balaban J connectivity index is 2.09. The van der Waals surface area contributed by atoms with Crippen molar-refractivity contribution in [2.75, 3.05) is 5.73 Å². The molecule has 0 aliphatic carbocycles. The van der Waals surface area contributed by atoms with Crippen LogP contribution in [0.5, 0.6) is 0 Å². The maximum absolute atomic E-state index is 14.1. The van der Waals surface area contributed by atoms with E-state index in [-0.39, 0.29) is 38.8 Å². The number of pyridine rings is 2. The molecule has 7 nitrogen and oxygen atoms in total. The fourth-order valence-electron chi connectivity index (χ4n) is 4.53. The van der Waals surface area contributed by atoms with Gasteiger partial charge in [-0.3, -0.25) is 14.6 Å². The first-order chi connectivity index (χ1) is 18.3. The normalized spacial score (nSPS) is 12.3. The van der Waals surface area contributed by atoms with Gasteiger partial charge in [-0.15, -0.1) is 0 Å². The van der Waals surface area contributed by atoms with E-state index in [1.54, 1.807) is 5.10 Å². The summed E-state index contributed by atoms with van der Waals surface area (Å²) in [4.78, 5) is 32.1. The van der Waals surface area contributed by atoms with Crippen LogP contribution in [0.1, 0.15) is 43.0 Å². The van der Waals surface area contributed by atoms with Crippen molar-refractivity contribution in [3.05, 3.63) is 74.2 Å². The molecule has 3 aromatic heterocycles. The van der Waals surface area contributed by atoms with Crippen molar-refractivity contribution in [2.45, 2.75) is 51.4 Å². The van der Waals surface area contributed by atoms with Gasteiger partial charge in [-0.25, -0.2) is 5.10 Å². The predicted molar refractivity (Wildman–Crippen MR) is 134 cm³/mol. The lowest BCUT2D eigenvalue weighted by Gasteiger charge is -2.19. The van der Waals surface area contributed by atoms with Gasteiger partial charge in [0, 0.05) is 39.4 Å². The molecule has 0 aliphatic rings. The Morgan fingerprint density at radius 1 is 0.923 bits per heavy atom. The summed E-state index contributed by atoms with van der Waals surface area (Å²) >= 11 is 0. The quantitative estimate of drug-likeness (QED) is 0.199. The second kappa shape index (κ2) is 10.5. The zero-order chi connectivity index (χ0) is 28.5.